The third-order valence-corrected chi connectivity index (χ3v) is 5.83. The molecule has 0 amide bonds. The number of fused-ring (bicyclic) bond motifs is 1. The molecular formula is C17H22N4O3S. The van der Waals surface area contributed by atoms with Gasteiger partial charge in [0.2, 0.25) is 0 Å². The summed E-state index contributed by atoms with van der Waals surface area (Å²) in [4.78, 5) is 28.5. The van der Waals surface area contributed by atoms with Gasteiger partial charge in [-0.1, -0.05) is 6.07 Å². The van der Waals surface area contributed by atoms with E-state index in [-0.39, 0.29) is 12.6 Å². The van der Waals surface area contributed by atoms with Crippen molar-refractivity contribution in [3.8, 4) is 0 Å². The van der Waals surface area contributed by atoms with Gasteiger partial charge in [0.05, 0.1) is 12.6 Å². The van der Waals surface area contributed by atoms with Gasteiger partial charge in [-0.25, -0.2) is 4.68 Å². The maximum Gasteiger partial charge on any atom is 0.332 e. The summed E-state index contributed by atoms with van der Waals surface area (Å²) in [6.07, 6.45) is 0.859. The van der Waals surface area contributed by atoms with Crippen LogP contribution in [0.25, 0.3) is 0 Å². The zero-order chi connectivity index (χ0) is 17.6. The predicted molar refractivity (Wildman–Crippen MR) is 94.9 cm³/mol. The van der Waals surface area contributed by atoms with Crippen molar-refractivity contribution in [2.75, 3.05) is 13.1 Å². The van der Waals surface area contributed by atoms with E-state index in [0.717, 1.165) is 26.1 Å². The molecule has 0 aliphatic carbocycles. The molecule has 2 aliphatic heterocycles. The summed E-state index contributed by atoms with van der Waals surface area (Å²) in [7, 11) is 0. The minimum atomic E-state index is -0.552. The molecule has 2 aromatic heterocycles. The van der Waals surface area contributed by atoms with E-state index < -0.39 is 16.7 Å². The average Bonchev–Trinajstić information content (AvgIpc) is 3.22. The second-order valence-corrected chi connectivity index (χ2v) is 8.19. The highest BCUT2D eigenvalue weighted by atomic mass is 32.1. The van der Waals surface area contributed by atoms with Gasteiger partial charge in [0, 0.05) is 24.5 Å². The number of aromatic nitrogens is 3. The Kier molecular flexibility index (Phi) is 4.13. The Hall–Kier alpha value is -1.77. The Bertz CT molecular complexity index is 886. The van der Waals surface area contributed by atoms with Gasteiger partial charge in [-0.05, 0) is 31.7 Å². The topological polar surface area (TPSA) is 69.4 Å². The van der Waals surface area contributed by atoms with Crippen LogP contribution < -0.4 is 11.1 Å². The summed E-state index contributed by atoms with van der Waals surface area (Å²) in [5, 5.41) is 6.42. The highest BCUT2D eigenvalue weighted by molar-refractivity contribution is 7.09. The lowest BCUT2D eigenvalue weighted by Gasteiger charge is -2.35. The fourth-order valence-electron chi connectivity index (χ4n) is 3.66. The van der Waals surface area contributed by atoms with Crippen LogP contribution in [0.5, 0.6) is 0 Å². The molecule has 1 spiro atoms. The third kappa shape index (κ3) is 2.98. The number of ether oxygens (including phenoxy) is 1. The predicted octanol–water partition coefficient (Wildman–Crippen LogP) is 1.22. The molecule has 4 rings (SSSR count). The fraction of sp³-hybridized carbons (Fsp3) is 0.588. The summed E-state index contributed by atoms with van der Waals surface area (Å²) in [5.74, 6) is 0.542. The van der Waals surface area contributed by atoms with Crippen LogP contribution in [0.1, 0.15) is 37.0 Å². The summed E-state index contributed by atoms with van der Waals surface area (Å²) >= 11 is 1.75. The second-order valence-electron chi connectivity index (χ2n) is 7.16. The SMILES string of the molecule is CC(C)n1nc2n(c(=O)c1=O)C[C@]1(CCN(Cc3cccs3)C1)OC2. The van der Waals surface area contributed by atoms with E-state index in [1.165, 1.54) is 14.1 Å². The van der Waals surface area contributed by atoms with Crippen molar-refractivity contribution in [1.29, 1.82) is 0 Å². The maximum atomic E-state index is 12.5. The lowest BCUT2D eigenvalue weighted by molar-refractivity contribution is -0.0859. The Morgan fingerprint density at radius 2 is 2.16 bits per heavy atom. The van der Waals surface area contributed by atoms with E-state index >= 15 is 0 Å². The third-order valence-electron chi connectivity index (χ3n) is 4.97. The summed E-state index contributed by atoms with van der Waals surface area (Å²) in [5.41, 5.74) is -1.44. The van der Waals surface area contributed by atoms with Crippen molar-refractivity contribution in [3.05, 3.63) is 48.9 Å². The highest BCUT2D eigenvalue weighted by Gasteiger charge is 2.43. The lowest BCUT2D eigenvalue weighted by atomic mass is 10.0. The Labute approximate surface area is 149 Å². The first-order valence-electron chi connectivity index (χ1n) is 8.59. The zero-order valence-electron chi connectivity index (χ0n) is 14.5. The normalized spacial score (nSPS) is 23.5. The molecule has 0 bridgehead atoms. The van der Waals surface area contributed by atoms with Crippen LogP contribution in [0, 0.1) is 0 Å². The first kappa shape index (κ1) is 16.7. The van der Waals surface area contributed by atoms with Gasteiger partial charge >= 0.3 is 11.1 Å². The van der Waals surface area contributed by atoms with Crippen LogP contribution in [0.15, 0.2) is 27.1 Å². The maximum absolute atomic E-state index is 12.5. The van der Waals surface area contributed by atoms with E-state index in [9.17, 15) is 9.59 Å². The minimum absolute atomic E-state index is 0.144. The van der Waals surface area contributed by atoms with Crippen LogP contribution in [0.4, 0.5) is 0 Å². The first-order valence-corrected chi connectivity index (χ1v) is 9.47. The monoisotopic (exact) mass is 362 g/mol. The minimum Gasteiger partial charge on any atom is -0.364 e. The molecule has 25 heavy (non-hydrogen) atoms. The average molecular weight is 362 g/mol. The molecule has 1 saturated heterocycles. The molecule has 0 aromatic carbocycles. The largest absolute Gasteiger partial charge is 0.364 e. The molecule has 7 nitrogen and oxygen atoms in total. The van der Waals surface area contributed by atoms with Crippen LogP contribution in [0.3, 0.4) is 0 Å². The zero-order valence-corrected chi connectivity index (χ0v) is 15.3. The molecule has 0 N–H and O–H groups in total. The smallest absolute Gasteiger partial charge is 0.332 e. The number of hydrogen-bond donors (Lipinski definition) is 0. The van der Waals surface area contributed by atoms with E-state index in [0.29, 0.717) is 12.4 Å². The molecule has 8 heteroatoms. The summed E-state index contributed by atoms with van der Waals surface area (Å²) < 4.78 is 8.94. The van der Waals surface area contributed by atoms with Crippen molar-refractivity contribution >= 4 is 11.3 Å². The van der Waals surface area contributed by atoms with Gasteiger partial charge in [-0.15, -0.1) is 11.3 Å². The number of nitrogens with zero attached hydrogens (tertiary/aromatic N) is 4. The van der Waals surface area contributed by atoms with Gasteiger partial charge in [-0.2, -0.15) is 5.10 Å². The molecular weight excluding hydrogens is 340 g/mol. The second kappa shape index (κ2) is 6.19. The van der Waals surface area contributed by atoms with E-state index in [1.807, 2.05) is 13.8 Å². The van der Waals surface area contributed by atoms with Crippen molar-refractivity contribution < 1.29 is 4.74 Å². The molecule has 1 atom stereocenters. The summed E-state index contributed by atoms with van der Waals surface area (Å²) in [6.45, 7) is 6.96. The lowest BCUT2D eigenvalue weighted by Crippen LogP contribution is -2.53. The molecule has 0 saturated carbocycles. The first-order chi connectivity index (χ1) is 12.0. The van der Waals surface area contributed by atoms with Crippen LogP contribution in [-0.2, 0) is 24.4 Å². The van der Waals surface area contributed by atoms with E-state index in [2.05, 4.69) is 27.5 Å². The molecule has 2 aromatic rings. The fourth-order valence-corrected chi connectivity index (χ4v) is 4.40. The Morgan fingerprint density at radius 3 is 2.88 bits per heavy atom. The van der Waals surface area contributed by atoms with Crippen LogP contribution in [0.2, 0.25) is 0 Å². The number of likely N-dealkylation sites (tertiary alicyclic amines) is 1. The van der Waals surface area contributed by atoms with Gasteiger partial charge < -0.3 is 4.74 Å². The quantitative estimate of drug-likeness (QED) is 0.768. The Balaban J connectivity index is 1.58. The number of hydrogen-bond acceptors (Lipinski definition) is 6. The standard InChI is InChI=1S/C17H22N4O3S/c1-12(2)21-16(23)15(22)20-11-17(24-9-14(20)18-21)5-6-19(10-17)8-13-4-3-7-25-13/h3-4,7,12H,5-6,8-11H2,1-2H3/t17-/m1/s1. The number of thiophene rings is 1. The molecule has 1 fully saturated rings. The molecule has 2 aliphatic rings. The van der Waals surface area contributed by atoms with Crippen LogP contribution in [-0.4, -0.2) is 37.9 Å². The molecule has 4 heterocycles. The number of rotatable bonds is 3. The molecule has 0 radical (unpaired) electrons. The summed E-state index contributed by atoms with van der Waals surface area (Å²) in [6, 6.07) is 4.05. The van der Waals surface area contributed by atoms with Crippen molar-refractivity contribution in [2.24, 2.45) is 0 Å². The molecule has 0 unspecified atom stereocenters. The van der Waals surface area contributed by atoms with Crippen molar-refractivity contribution in [3.63, 3.8) is 0 Å². The van der Waals surface area contributed by atoms with E-state index in [4.69, 9.17) is 4.74 Å². The van der Waals surface area contributed by atoms with Gasteiger partial charge in [0.1, 0.15) is 12.2 Å². The van der Waals surface area contributed by atoms with Crippen molar-refractivity contribution in [2.45, 2.75) is 51.6 Å². The Morgan fingerprint density at radius 1 is 1.32 bits per heavy atom. The van der Waals surface area contributed by atoms with Gasteiger partial charge in [-0.3, -0.25) is 19.1 Å². The highest BCUT2D eigenvalue weighted by Crippen LogP contribution is 2.32. The van der Waals surface area contributed by atoms with Crippen molar-refractivity contribution in [1.82, 2.24) is 19.2 Å². The van der Waals surface area contributed by atoms with Gasteiger partial charge in [0.25, 0.3) is 0 Å². The van der Waals surface area contributed by atoms with E-state index in [1.54, 1.807) is 11.3 Å². The van der Waals surface area contributed by atoms with Gasteiger partial charge in [0.15, 0.2) is 5.82 Å². The molecule has 134 valence electrons. The van der Waals surface area contributed by atoms with Crippen LogP contribution >= 0.6 is 11.3 Å².